The van der Waals surface area contributed by atoms with Gasteiger partial charge in [-0.05, 0) is 24.6 Å². The van der Waals surface area contributed by atoms with Crippen molar-refractivity contribution in [3.63, 3.8) is 0 Å². The molecule has 0 saturated heterocycles. The van der Waals surface area contributed by atoms with Crippen LogP contribution in [-0.4, -0.2) is 31.5 Å². The van der Waals surface area contributed by atoms with Gasteiger partial charge in [0.1, 0.15) is 23.9 Å². The molecule has 3 nitrogen and oxygen atoms in total. The molecule has 20 heavy (non-hydrogen) atoms. The first-order valence-corrected chi connectivity index (χ1v) is 6.53. The number of nitrogens with zero attached hydrogens (tertiary/aromatic N) is 1. The zero-order valence-corrected chi connectivity index (χ0v) is 11.7. The van der Waals surface area contributed by atoms with Crippen molar-refractivity contribution in [2.24, 2.45) is 10.7 Å². The zero-order valence-electron chi connectivity index (χ0n) is 10.9. The fourth-order valence-corrected chi connectivity index (χ4v) is 2.18. The van der Waals surface area contributed by atoms with Crippen LogP contribution in [-0.2, 0) is 4.74 Å². The highest BCUT2D eigenvalue weighted by Crippen LogP contribution is 2.33. The average Bonchev–Trinajstić information content (AvgIpc) is 2.30. The molecule has 0 heterocycles. The van der Waals surface area contributed by atoms with Crippen LogP contribution in [0.4, 0.5) is 23.2 Å². The van der Waals surface area contributed by atoms with Gasteiger partial charge in [-0.1, -0.05) is 0 Å². The van der Waals surface area contributed by atoms with E-state index in [1.807, 2.05) is 0 Å². The van der Waals surface area contributed by atoms with Crippen LogP contribution in [0.2, 0.25) is 0 Å². The largest absolute Gasteiger partial charge is 0.398 e. The minimum absolute atomic E-state index is 0.0122. The molecule has 0 aliphatic rings. The third-order valence-corrected chi connectivity index (χ3v) is 3.41. The van der Waals surface area contributed by atoms with Crippen molar-refractivity contribution in [2.75, 3.05) is 19.5 Å². The molecule has 0 aliphatic heterocycles. The summed E-state index contributed by atoms with van der Waals surface area (Å²) in [5, 5.41) is 0. The minimum Gasteiger partial charge on any atom is -0.385 e. The van der Waals surface area contributed by atoms with Gasteiger partial charge in [-0.3, -0.25) is 0 Å². The number of benzene rings is 1. The van der Waals surface area contributed by atoms with E-state index in [0.717, 1.165) is 6.07 Å². The molecule has 8 heteroatoms. The average molecular weight is 310 g/mol. The Morgan fingerprint density at radius 1 is 1.40 bits per heavy atom. The first kappa shape index (κ1) is 16.8. The van der Waals surface area contributed by atoms with Gasteiger partial charge in [-0.25, -0.2) is 9.38 Å². The third kappa shape index (κ3) is 5.38. The Hall–Kier alpha value is -1.28. The standard InChI is InChI=1S/C12H14F4N2OS/c1-7-3-8(13)9(18-11(17)5-19-2)4-10(7)20-6-12(14,15)16/h3-4H,5-6H2,1-2H3,(H2,17,18). The predicted octanol–water partition coefficient (Wildman–Crippen LogP) is 3.42. The number of amidine groups is 1. The maximum Gasteiger partial charge on any atom is 0.398 e. The van der Waals surface area contributed by atoms with Crippen LogP contribution in [0.3, 0.4) is 0 Å². The highest BCUT2D eigenvalue weighted by atomic mass is 32.2. The normalized spacial score (nSPS) is 12.8. The van der Waals surface area contributed by atoms with Crippen molar-refractivity contribution in [1.82, 2.24) is 0 Å². The maximum absolute atomic E-state index is 13.7. The van der Waals surface area contributed by atoms with E-state index in [4.69, 9.17) is 10.5 Å². The van der Waals surface area contributed by atoms with Gasteiger partial charge in [-0.15, -0.1) is 11.8 Å². The Balaban J connectivity index is 3.00. The molecule has 0 amide bonds. The van der Waals surface area contributed by atoms with Gasteiger partial charge < -0.3 is 10.5 Å². The first-order valence-electron chi connectivity index (χ1n) is 5.54. The monoisotopic (exact) mass is 310 g/mol. The van der Waals surface area contributed by atoms with E-state index >= 15 is 0 Å². The highest BCUT2D eigenvalue weighted by Gasteiger charge is 2.27. The molecule has 0 radical (unpaired) electrons. The molecule has 0 atom stereocenters. The molecule has 0 unspecified atom stereocenters. The molecule has 1 aromatic rings. The SMILES string of the molecule is COC/C(N)=N/c1cc(SCC(F)(F)F)c(C)cc1F. The first-order chi connectivity index (χ1) is 9.23. The molecule has 0 bridgehead atoms. The fourth-order valence-electron chi connectivity index (χ4n) is 1.38. The lowest BCUT2D eigenvalue weighted by atomic mass is 10.2. The third-order valence-electron chi connectivity index (χ3n) is 2.19. The van der Waals surface area contributed by atoms with Crippen LogP contribution < -0.4 is 5.73 Å². The maximum atomic E-state index is 13.7. The van der Waals surface area contributed by atoms with Crippen molar-refractivity contribution in [3.05, 3.63) is 23.5 Å². The topological polar surface area (TPSA) is 47.6 Å². The number of halogens is 4. The number of aryl methyl sites for hydroxylation is 1. The molecule has 1 rings (SSSR count). The number of ether oxygens (including phenoxy) is 1. The van der Waals surface area contributed by atoms with Crippen molar-refractivity contribution < 1.29 is 22.3 Å². The fraction of sp³-hybridized carbons (Fsp3) is 0.417. The van der Waals surface area contributed by atoms with Crippen LogP contribution in [0.1, 0.15) is 5.56 Å². The van der Waals surface area contributed by atoms with E-state index in [-0.39, 0.29) is 18.1 Å². The summed E-state index contributed by atoms with van der Waals surface area (Å²) >= 11 is 0.584. The summed E-state index contributed by atoms with van der Waals surface area (Å²) in [5.41, 5.74) is 5.80. The lowest BCUT2D eigenvalue weighted by molar-refractivity contribution is -0.105. The Morgan fingerprint density at radius 2 is 2.05 bits per heavy atom. The molecular formula is C12H14F4N2OS. The zero-order chi connectivity index (χ0) is 15.3. The Kier molecular flexibility index (Phi) is 5.82. The van der Waals surface area contributed by atoms with E-state index in [2.05, 4.69) is 4.99 Å². The summed E-state index contributed by atoms with van der Waals surface area (Å²) in [6, 6.07) is 2.39. The number of aliphatic imine (C=N–C) groups is 1. The number of nitrogens with two attached hydrogens (primary N) is 1. The van der Waals surface area contributed by atoms with Gasteiger partial charge in [0.25, 0.3) is 0 Å². The van der Waals surface area contributed by atoms with Gasteiger partial charge in [0.2, 0.25) is 0 Å². The Morgan fingerprint density at radius 3 is 2.60 bits per heavy atom. The number of thioether (sulfide) groups is 1. The molecule has 0 saturated carbocycles. The number of hydrogen-bond acceptors (Lipinski definition) is 3. The van der Waals surface area contributed by atoms with Crippen molar-refractivity contribution in [1.29, 1.82) is 0 Å². The second-order valence-corrected chi connectivity index (χ2v) is 5.03. The molecule has 0 aromatic heterocycles. The van der Waals surface area contributed by atoms with Gasteiger partial charge in [-0.2, -0.15) is 13.2 Å². The Labute approximate surface area is 118 Å². The number of hydrogen-bond donors (Lipinski definition) is 1. The molecule has 112 valence electrons. The van der Waals surface area contributed by atoms with Crippen molar-refractivity contribution in [2.45, 2.75) is 18.0 Å². The summed E-state index contributed by atoms with van der Waals surface area (Å²) in [5.74, 6) is -1.64. The van der Waals surface area contributed by atoms with Gasteiger partial charge in [0, 0.05) is 12.0 Å². The molecule has 0 fully saturated rings. The molecule has 2 N–H and O–H groups in total. The minimum atomic E-state index is -4.29. The molecule has 0 aliphatic carbocycles. The van der Waals surface area contributed by atoms with Crippen molar-refractivity contribution in [3.8, 4) is 0 Å². The van der Waals surface area contributed by atoms with Gasteiger partial charge in [0.05, 0.1) is 5.75 Å². The summed E-state index contributed by atoms with van der Waals surface area (Å²) in [6.45, 7) is 1.55. The number of alkyl halides is 3. The summed E-state index contributed by atoms with van der Waals surface area (Å²) < 4.78 is 55.0. The van der Waals surface area contributed by atoms with Gasteiger partial charge >= 0.3 is 6.18 Å². The molecule has 1 aromatic carbocycles. The summed E-state index contributed by atoms with van der Waals surface area (Å²) in [7, 11) is 1.40. The number of rotatable bonds is 5. The lowest BCUT2D eigenvalue weighted by Gasteiger charge is -2.10. The van der Waals surface area contributed by atoms with E-state index in [9.17, 15) is 17.6 Å². The summed E-state index contributed by atoms with van der Waals surface area (Å²) in [6.07, 6.45) is -4.29. The Bertz CT molecular complexity index is 503. The highest BCUT2D eigenvalue weighted by molar-refractivity contribution is 7.99. The second kappa shape index (κ2) is 6.94. The number of methoxy groups -OCH3 is 1. The lowest BCUT2D eigenvalue weighted by Crippen LogP contribution is -2.17. The van der Waals surface area contributed by atoms with E-state index in [1.54, 1.807) is 0 Å². The van der Waals surface area contributed by atoms with E-state index in [1.165, 1.54) is 20.1 Å². The van der Waals surface area contributed by atoms with Crippen molar-refractivity contribution >= 4 is 23.3 Å². The van der Waals surface area contributed by atoms with E-state index < -0.39 is 17.7 Å². The second-order valence-electron chi connectivity index (χ2n) is 4.01. The van der Waals surface area contributed by atoms with Gasteiger partial charge in [0.15, 0.2) is 0 Å². The molecule has 0 spiro atoms. The van der Waals surface area contributed by atoms with Crippen LogP contribution in [0, 0.1) is 12.7 Å². The predicted molar refractivity (Wildman–Crippen MR) is 71.1 cm³/mol. The van der Waals surface area contributed by atoms with Crippen LogP contribution in [0.15, 0.2) is 22.0 Å². The summed E-state index contributed by atoms with van der Waals surface area (Å²) in [4.78, 5) is 4.11. The van der Waals surface area contributed by atoms with Crippen LogP contribution in [0.25, 0.3) is 0 Å². The quantitative estimate of drug-likeness (QED) is 0.392. The van der Waals surface area contributed by atoms with E-state index in [0.29, 0.717) is 22.2 Å². The molecular weight excluding hydrogens is 296 g/mol. The van der Waals surface area contributed by atoms with Crippen LogP contribution in [0.5, 0.6) is 0 Å². The van der Waals surface area contributed by atoms with Crippen LogP contribution >= 0.6 is 11.8 Å². The smallest absolute Gasteiger partial charge is 0.385 e.